The van der Waals surface area contributed by atoms with E-state index in [0.29, 0.717) is 17.4 Å². The molecular weight excluding hydrogens is 298 g/mol. The summed E-state index contributed by atoms with van der Waals surface area (Å²) in [5.74, 6) is 2.49. The van der Waals surface area contributed by atoms with Crippen molar-refractivity contribution >= 4 is 6.03 Å². The molecule has 9 nitrogen and oxygen atoms in total. The molecule has 4 rings (SSSR count). The minimum Gasteiger partial charge on any atom is -0.461 e. The van der Waals surface area contributed by atoms with Crippen molar-refractivity contribution in [2.24, 2.45) is 0 Å². The first-order chi connectivity index (χ1) is 11.3. The third-order valence-electron chi connectivity index (χ3n) is 3.71. The van der Waals surface area contributed by atoms with E-state index in [9.17, 15) is 4.79 Å². The van der Waals surface area contributed by atoms with E-state index in [1.807, 2.05) is 10.8 Å². The Morgan fingerprint density at radius 3 is 3.35 bits per heavy atom. The van der Waals surface area contributed by atoms with Crippen molar-refractivity contribution in [2.45, 2.75) is 25.6 Å². The van der Waals surface area contributed by atoms with Gasteiger partial charge in [0.25, 0.3) is 0 Å². The minimum atomic E-state index is -0.262. The van der Waals surface area contributed by atoms with Gasteiger partial charge >= 0.3 is 6.03 Å². The molecule has 1 aliphatic rings. The van der Waals surface area contributed by atoms with Crippen LogP contribution in [-0.4, -0.2) is 30.8 Å². The van der Waals surface area contributed by atoms with E-state index in [-0.39, 0.29) is 18.6 Å². The SMILES string of the molecule is O=C(NCc1nc(-c2ccco2)n[nH]1)NC1CCn2ccnc21. The summed E-state index contributed by atoms with van der Waals surface area (Å²) in [5, 5.41) is 12.5. The van der Waals surface area contributed by atoms with E-state index < -0.39 is 0 Å². The van der Waals surface area contributed by atoms with Crippen LogP contribution < -0.4 is 10.6 Å². The van der Waals surface area contributed by atoms with Gasteiger partial charge in [0.15, 0.2) is 5.76 Å². The number of nitrogens with zero attached hydrogens (tertiary/aromatic N) is 4. The van der Waals surface area contributed by atoms with Gasteiger partial charge in [0.05, 0.1) is 18.8 Å². The second-order valence-electron chi connectivity index (χ2n) is 5.23. The molecule has 0 fully saturated rings. The fraction of sp³-hybridized carbons (Fsp3) is 0.286. The first-order valence-corrected chi connectivity index (χ1v) is 7.30. The topological polar surface area (TPSA) is 114 Å². The summed E-state index contributed by atoms with van der Waals surface area (Å²) in [5.41, 5.74) is 0. The molecular formula is C14H15N7O2. The number of carbonyl (C=O) groups excluding carboxylic acids is 1. The van der Waals surface area contributed by atoms with Crippen molar-refractivity contribution in [1.29, 1.82) is 0 Å². The van der Waals surface area contributed by atoms with E-state index in [2.05, 4.69) is 30.8 Å². The maximum atomic E-state index is 12.0. The highest BCUT2D eigenvalue weighted by Crippen LogP contribution is 2.23. The van der Waals surface area contributed by atoms with Crippen molar-refractivity contribution in [2.75, 3.05) is 0 Å². The zero-order valence-corrected chi connectivity index (χ0v) is 12.2. The largest absolute Gasteiger partial charge is 0.461 e. The maximum Gasteiger partial charge on any atom is 0.315 e. The lowest BCUT2D eigenvalue weighted by atomic mass is 10.2. The standard InChI is InChI=1S/C14H15N7O2/c22-14(17-9-3-5-21-6-4-15-13(9)21)16-8-11-18-12(20-19-11)10-2-1-7-23-10/h1-2,4,6-7,9H,3,5,8H2,(H2,16,17,22)(H,18,19,20). The van der Waals surface area contributed by atoms with Crippen molar-refractivity contribution in [3.63, 3.8) is 0 Å². The summed E-state index contributed by atoms with van der Waals surface area (Å²) in [4.78, 5) is 20.5. The first-order valence-electron chi connectivity index (χ1n) is 7.30. The smallest absolute Gasteiger partial charge is 0.315 e. The number of carbonyl (C=O) groups is 1. The lowest BCUT2D eigenvalue weighted by Gasteiger charge is -2.11. The Balaban J connectivity index is 1.32. The van der Waals surface area contributed by atoms with Crippen LogP contribution in [0.5, 0.6) is 0 Å². The number of fused-ring (bicyclic) bond motifs is 1. The Labute approximate surface area is 131 Å². The number of furan rings is 1. The molecule has 1 atom stereocenters. The highest BCUT2D eigenvalue weighted by Gasteiger charge is 2.24. The summed E-state index contributed by atoms with van der Waals surface area (Å²) in [6.45, 7) is 1.12. The van der Waals surface area contributed by atoms with E-state index in [1.165, 1.54) is 0 Å². The van der Waals surface area contributed by atoms with Gasteiger partial charge in [-0.15, -0.1) is 5.10 Å². The lowest BCUT2D eigenvalue weighted by Crippen LogP contribution is -2.37. The summed E-state index contributed by atoms with van der Waals surface area (Å²) in [7, 11) is 0. The molecule has 0 bridgehead atoms. The number of hydrogen-bond donors (Lipinski definition) is 3. The third kappa shape index (κ3) is 2.68. The number of aromatic amines is 1. The second kappa shape index (κ2) is 5.59. The number of nitrogens with one attached hydrogen (secondary N) is 3. The van der Waals surface area contributed by atoms with Gasteiger partial charge in [-0.25, -0.2) is 14.8 Å². The van der Waals surface area contributed by atoms with Crippen LogP contribution in [0.2, 0.25) is 0 Å². The summed E-state index contributed by atoms with van der Waals surface area (Å²) in [6, 6.07) is 3.22. The highest BCUT2D eigenvalue weighted by atomic mass is 16.3. The average Bonchev–Trinajstić information content (AvgIpc) is 3.31. The van der Waals surface area contributed by atoms with Crippen LogP contribution in [0.4, 0.5) is 4.79 Å². The normalized spacial score (nSPS) is 16.3. The molecule has 1 unspecified atom stereocenters. The summed E-state index contributed by atoms with van der Waals surface area (Å²) in [6.07, 6.45) is 6.06. The van der Waals surface area contributed by atoms with Crippen molar-refractivity contribution in [3.8, 4) is 11.6 Å². The molecule has 0 spiro atoms. The number of aryl methyl sites for hydroxylation is 1. The molecule has 3 aromatic rings. The van der Waals surface area contributed by atoms with Crippen molar-refractivity contribution in [1.82, 2.24) is 35.4 Å². The van der Waals surface area contributed by atoms with Gasteiger partial charge in [0.1, 0.15) is 11.6 Å². The molecule has 23 heavy (non-hydrogen) atoms. The van der Waals surface area contributed by atoms with Gasteiger partial charge in [-0.05, 0) is 18.6 Å². The number of rotatable bonds is 4. The van der Waals surface area contributed by atoms with Gasteiger partial charge in [0, 0.05) is 18.9 Å². The Morgan fingerprint density at radius 2 is 2.48 bits per heavy atom. The molecule has 1 aliphatic heterocycles. The fourth-order valence-electron chi connectivity index (χ4n) is 2.62. The average molecular weight is 313 g/mol. The van der Waals surface area contributed by atoms with Gasteiger partial charge in [-0.1, -0.05) is 0 Å². The number of urea groups is 1. The molecule has 2 amide bonds. The zero-order valence-electron chi connectivity index (χ0n) is 12.2. The molecule has 0 saturated heterocycles. The molecule has 3 aromatic heterocycles. The number of H-pyrrole nitrogens is 1. The van der Waals surface area contributed by atoms with E-state index in [1.54, 1.807) is 24.6 Å². The highest BCUT2D eigenvalue weighted by molar-refractivity contribution is 5.74. The molecule has 0 aromatic carbocycles. The monoisotopic (exact) mass is 313 g/mol. The van der Waals surface area contributed by atoms with Gasteiger partial charge in [0.2, 0.25) is 5.82 Å². The van der Waals surface area contributed by atoms with Crippen LogP contribution >= 0.6 is 0 Å². The van der Waals surface area contributed by atoms with Crippen LogP contribution in [0.25, 0.3) is 11.6 Å². The molecule has 0 radical (unpaired) electrons. The summed E-state index contributed by atoms with van der Waals surface area (Å²) >= 11 is 0. The third-order valence-corrected chi connectivity index (χ3v) is 3.71. The van der Waals surface area contributed by atoms with E-state index in [0.717, 1.165) is 18.8 Å². The second-order valence-corrected chi connectivity index (χ2v) is 5.23. The zero-order chi connectivity index (χ0) is 15.6. The van der Waals surface area contributed by atoms with Gasteiger partial charge < -0.3 is 19.6 Å². The van der Waals surface area contributed by atoms with E-state index in [4.69, 9.17) is 4.42 Å². The van der Waals surface area contributed by atoms with Gasteiger partial charge in [-0.3, -0.25) is 5.10 Å². The maximum absolute atomic E-state index is 12.0. The van der Waals surface area contributed by atoms with Crippen molar-refractivity contribution < 1.29 is 9.21 Å². The first kappa shape index (κ1) is 13.6. The molecule has 0 saturated carbocycles. The predicted molar refractivity (Wildman–Crippen MR) is 79.0 cm³/mol. The number of amides is 2. The molecule has 118 valence electrons. The molecule has 9 heteroatoms. The Morgan fingerprint density at radius 1 is 1.52 bits per heavy atom. The number of hydrogen-bond acceptors (Lipinski definition) is 5. The Hall–Kier alpha value is -3.10. The van der Waals surface area contributed by atoms with Gasteiger partial charge in [-0.2, -0.15) is 0 Å². The molecule has 3 N–H and O–H groups in total. The molecule has 0 aliphatic carbocycles. The predicted octanol–water partition coefficient (Wildman–Crippen LogP) is 1.21. The van der Waals surface area contributed by atoms with Crippen LogP contribution in [-0.2, 0) is 13.1 Å². The summed E-state index contributed by atoms with van der Waals surface area (Å²) < 4.78 is 7.26. The van der Waals surface area contributed by atoms with E-state index >= 15 is 0 Å². The van der Waals surface area contributed by atoms with Crippen LogP contribution in [0.3, 0.4) is 0 Å². The lowest BCUT2D eigenvalue weighted by molar-refractivity contribution is 0.236. The minimum absolute atomic E-state index is 0.0570. The quantitative estimate of drug-likeness (QED) is 0.670. The van der Waals surface area contributed by atoms with Crippen LogP contribution in [0, 0.1) is 0 Å². The Kier molecular flexibility index (Phi) is 3.30. The number of aromatic nitrogens is 5. The fourth-order valence-corrected chi connectivity index (χ4v) is 2.62. The number of imidazole rings is 1. The van der Waals surface area contributed by atoms with Crippen molar-refractivity contribution in [3.05, 3.63) is 42.4 Å². The van der Waals surface area contributed by atoms with Crippen LogP contribution in [0.1, 0.15) is 24.1 Å². The molecule has 4 heterocycles. The van der Waals surface area contributed by atoms with Crippen LogP contribution in [0.15, 0.2) is 35.2 Å². The Bertz CT molecular complexity index is 805.